The van der Waals surface area contributed by atoms with Crippen LogP contribution in [0.15, 0.2) is 36.4 Å². The molecular weight excluding hydrogens is 535 g/mol. The number of nitrogens with zero attached hydrogens (tertiary/aromatic N) is 3. The Labute approximate surface area is 243 Å². The summed E-state index contributed by atoms with van der Waals surface area (Å²) in [6, 6.07) is 11.2. The SMILES string of the molecule is CCCC(C(=O)NC)N(C=O)Cc1c(C)cccc1OCCCCCN1CCN(c2cccc(Cl)c2Cl)CC1. The normalized spacial score (nSPS) is 14.6. The second-order valence-corrected chi connectivity index (χ2v) is 10.8. The summed E-state index contributed by atoms with van der Waals surface area (Å²) in [5.74, 6) is 0.638. The largest absolute Gasteiger partial charge is 0.493 e. The summed E-state index contributed by atoms with van der Waals surface area (Å²) >= 11 is 12.6. The van der Waals surface area contributed by atoms with E-state index in [-0.39, 0.29) is 5.91 Å². The number of ether oxygens (including phenoxy) is 1. The number of hydrogen-bond acceptors (Lipinski definition) is 5. The monoisotopic (exact) mass is 576 g/mol. The Kier molecular flexibility index (Phi) is 12.7. The number of nitrogens with one attached hydrogen (secondary N) is 1. The van der Waals surface area contributed by atoms with Gasteiger partial charge in [0.25, 0.3) is 0 Å². The Hall–Kier alpha value is -2.48. The van der Waals surface area contributed by atoms with E-state index in [9.17, 15) is 9.59 Å². The third-order valence-electron chi connectivity index (χ3n) is 7.38. The number of piperazine rings is 1. The highest BCUT2D eigenvalue weighted by Crippen LogP contribution is 2.33. The van der Waals surface area contributed by atoms with Crippen molar-refractivity contribution < 1.29 is 14.3 Å². The molecule has 1 fully saturated rings. The molecule has 2 amide bonds. The molecule has 1 N–H and O–H groups in total. The minimum absolute atomic E-state index is 0.144. The number of hydrogen-bond donors (Lipinski definition) is 1. The van der Waals surface area contributed by atoms with Crippen molar-refractivity contribution in [2.45, 2.75) is 58.5 Å². The molecule has 0 radical (unpaired) electrons. The second kappa shape index (κ2) is 15.9. The summed E-state index contributed by atoms with van der Waals surface area (Å²) in [6.07, 6.45) is 5.35. The highest BCUT2D eigenvalue weighted by atomic mass is 35.5. The van der Waals surface area contributed by atoms with Gasteiger partial charge in [-0.15, -0.1) is 0 Å². The zero-order valence-electron chi connectivity index (χ0n) is 23.4. The topological polar surface area (TPSA) is 65.1 Å². The van der Waals surface area contributed by atoms with Gasteiger partial charge in [-0.1, -0.05) is 54.7 Å². The van der Waals surface area contributed by atoms with E-state index in [1.807, 2.05) is 50.2 Å². The lowest BCUT2D eigenvalue weighted by atomic mass is 10.0. The Balaban J connectivity index is 1.43. The number of carbonyl (C=O) groups excluding carboxylic acids is 2. The molecule has 9 heteroatoms. The molecule has 2 aromatic carbocycles. The molecule has 7 nitrogen and oxygen atoms in total. The van der Waals surface area contributed by atoms with E-state index >= 15 is 0 Å². The summed E-state index contributed by atoms with van der Waals surface area (Å²) in [5, 5.41) is 3.92. The number of likely N-dealkylation sites (N-methyl/N-ethyl adjacent to an activating group) is 1. The first-order valence-electron chi connectivity index (χ1n) is 13.9. The highest BCUT2D eigenvalue weighted by molar-refractivity contribution is 6.43. The van der Waals surface area contributed by atoms with Crippen molar-refractivity contribution in [3.05, 3.63) is 57.6 Å². The van der Waals surface area contributed by atoms with E-state index in [1.54, 1.807) is 11.9 Å². The van der Waals surface area contributed by atoms with E-state index in [0.717, 1.165) is 87.4 Å². The zero-order chi connectivity index (χ0) is 28.2. The maximum absolute atomic E-state index is 12.4. The molecule has 1 aliphatic heterocycles. The molecule has 1 heterocycles. The number of unbranched alkanes of at least 4 members (excludes halogenated alkanes) is 2. The lowest BCUT2D eigenvalue weighted by molar-refractivity contribution is -0.133. The van der Waals surface area contributed by atoms with Gasteiger partial charge in [0.2, 0.25) is 12.3 Å². The van der Waals surface area contributed by atoms with Crippen LogP contribution in [0.3, 0.4) is 0 Å². The van der Waals surface area contributed by atoms with Gasteiger partial charge >= 0.3 is 0 Å². The average molecular weight is 578 g/mol. The lowest BCUT2D eigenvalue weighted by Crippen LogP contribution is -2.46. The molecule has 2 aromatic rings. The van der Waals surface area contributed by atoms with Crippen LogP contribution < -0.4 is 15.0 Å². The molecule has 0 saturated carbocycles. The molecule has 3 rings (SSSR count). The van der Waals surface area contributed by atoms with Crippen LogP contribution >= 0.6 is 23.2 Å². The fraction of sp³-hybridized carbons (Fsp3) is 0.533. The van der Waals surface area contributed by atoms with Crippen molar-refractivity contribution in [1.82, 2.24) is 15.1 Å². The minimum atomic E-state index is -0.491. The number of rotatable bonds is 15. The van der Waals surface area contributed by atoms with E-state index in [4.69, 9.17) is 27.9 Å². The molecule has 214 valence electrons. The lowest BCUT2D eigenvalue weighted by Gasteiger charge is -2.36. The van der Waals surface area contributed by atoms with E-state index in [1.165, 1.54) is 0 Å². The van der Waals surface area contributed by atoms with Crippen molar-refractivity contribution in [2.75, 3.05) is 51.3 Å². The highest BCUT2D eigenvalue weighted by Gasteiger charge is 2.25. The zero-order valence-corrected chi connectivity index (χ0v) is 24.9. The van der Waals surface area contributed by atoms with Crippen LogP contribution in [0.4, 0.5) is 5.69 Å². The molecular formula is C30H42Cl2N4O3. The maximum atomic E-state index is 12.4. The Bertz CT molecular complexity index is 1080. The molecule has 1 unspecified atom stereocenters. The van der Waals surface area contributed by atoms with Crippen molar-refractivity contribution in [2.24, 2.45) is 0 Å². The Morgan fingerprint density at radius 2 is 1.85 bits per heavy atom. The number of anilines is 1. The molecule has 0 spiro atoms. The number of benzene rings is 2. The van der Waals surface area contributed by atoms with Crippen LogP contribution in [-0.2, 0) is 16.1 Å². The quantitative estimate of drug-likeness (QED) is 0.222. The average Bonchev–Trinajstić information content (AvgIpc) is 2.95. The van der Waals surface area contributed by atoms with Crippen molar-refractivity contribution in [3.63, 3.8) is 0 Å². The maximum Gasteiger partial charge on any atom is 0.242 e. The molecule has 0 aliphatic carbocycles. The second-order valence-electron chi connectivity index (χ2n) is 10.1. The van der Waals surface area contributed by atoms with Gasteiger partial charge in [0.05, 0.1) is 28.9 Å². The third kappa shape index (κ3) is 8.75. The van der Waals surface area contributed by atoms with Crippen molar-refractivity contribution in [3.8, 4) is 5.75 Å². The fourth-order valence-electron chi connectivity index (χ4n) is 5.05. The number of amides is 2. The van der Waals surface area contributed by atoms with Gasteiger partial charge in [-0.2, -0.15) is 0 Å². The summed E-state index contributed by atoms with van der Waals surface area (Å²) < 4.78 is 6.18. The molecule has 1 aliphatic rings. The minimum Gasteiger partial charge on any atom is -0.493 e. The van der Waals surface area contributed by atoms with Crippen LogP contribution in [0.25, 0.3) is 0 Å². The number of halogens is 2. The van der Waals surface area contributed by atoms with Crippen LogP contribution in [0.2, 0.25) is 10.0 Å². The Morgan fingerprint density at radius 1 is 1.10 bits per heavy atom. The summed E-state index contributed by atoms with van der Waals surface area (Å²) in [7, 11) is 1.60. The smallest absolute Gasteiger partial charge is 0.242 e. The predicted octanol–water partition coefficient (Wildman–Crippen LogP) is 5.55. The van der Waals surface area contributed by atoms with Crippen LogP contribution in [0, 0.1) is 6.92 Å². The van der Waals surface area contributed by atoms with E-state index in [2.05, 4.69) is 15.1 Å². The number of carbonyl (C=O) groups is 2. The van der Waals surface area contributed by atoms with E-state index < -0.39 is 6.04 Å². The first-order valence-corrected chi connectivity index (χ1v) is 14.7. The fourth-order valence-corrected chi connectivity index (χ4v) is 5.46. The van der Waals surface area contributed by atoms with Crippen LogP contribution in [0.5, 0.6) is 5.75 Å². The first-order chi connectivity index (χ1) is 18.9. The van der Waals surface area contributed by atoms with Gasteiger partial charge < -0.3 is 19.9 Å². The summed E-state index contributed by atoms with van der Waals surface area (Å²) in [5.41, 5.74) is 3.01. The van der Waals surface area contributed by atoms with Gasteiger partial charge in [-0.25, -0.2) is 0 Å². The number of aryl methyl sites for hydroxylation is 1. The molecule has 0 bridgehead atoms. The standard InChI is InChI=1S/C30H42Cl2N4O3/c1-4-10-27(30(38)33-3)36(22-37)21-24-23(2)11-8-14-28(24)39-20-7-5-6-15-34-16-18-35(19-17-34)26-13-9-12-25(31)29(26)32/h8-9,11-14,22,27H,4-7,10,15-21H2,1-3H3,(H,33,38). The van der Waals surface area contributed by atoms with Crippen LogP contribution in [0.1, 0.15) is 50.2 Å². The molecule has 1 saturated heterocycles. The van der Waals surface area contributed by atoms with Crippen molar-refractivity contribution in [1.29, 1.82) is 0 Å². The Morgan fingerprint density at radius 3 is 2.54 bits per heavy atom. The van der Waals surface area contributed by atoms with Gasteiger partial charge in [-0.3, -0.25) is 14.5 Å². The van der Waals surface area contributed by atoms with Crippen molar-refractivity contribution >= 4 is 41.2 Å². The molecule has 0 aromatic heterocycles. The van der Waals surface area contributed by atoms with Gasteiger partial charge in [0, 0.05) is 38.8 Å². The molecule has 1 atom stereocenters. The summed E-state index contributed by atoms with van der Waals surface area (Å²) in [6.45, 7) is 9.95. The molecule has 39 heavy (non-hydrogen) atoms. The van der Waals surface area contributed by atoms with Gasteiger partial charge in [-0.05, 0) is 62.9 Å². The van der Waals surface area contributed by atoms with Gasteiger partial charge in [0.1, 0.15) is 11.8 Å². The van der Waals surface area contributed by atoms with Gasteiger partial charge in [0.15, 0.2) is 0 Å². The van der Waals surface area contributed by atoms with E-state index in [0.29, 0.717) is 29.6 Å². The summed E-state index contributed by atoms with van der Waals surface area (Å²) in [4.78, 5) is 30.7. The third-order valence-corrected chi connectivity index (χ3v) is 8.18. The predicted molar refractivity (Wildman–Crippen MR) is 160 cm³/mol. The first kappa shape index (κ1) is 31.1. The van der Waals surface area contributed by atoms with Crippen LogP contribution in [-0.4, -0.2) is 74.5 Å².